The van der Waals surface area contributed by atoms with E-state index in [1.807, 2.05) is 31.2 Å². The van der Waals surface area contributed by atoms with Crippen molar-refractivity contribution < 1.29 is 9.47 Å². The summed E-state index contributed by atoms with van der Waals surface area (Å²) in [7, 11) is 0. The standard InChI is InChI=1S/C17H27NO2/c1-3-19-16-10-6-7-11-17(16)20-13-12-18-14(2)15-8-4-5-9-15/h6-7,10-11,14-15,18H,3-5,8-9,12-13H2,1-2H3/t14-/m1/s1. The van der Waals surface area contributed by atoms with Gasteiger partial charge in [0.15, 0.2) is 11.5 Å². The van der Waals surface area contributed by atoms with Gasteiger partial charge in [-0.3, -0.25) is 0 Å². The quantitative estimate of drug-likeness (QED) is 0.736. The molecule has 0 saturated heterocycles. The number of ether oxygens (including phenoxy) is 2. The number of benzene rings is 1. The lowest BCUT2D eigenvalue weighted by Gasteiger charge is -2.20. The van der Waals surface area contributed by atoms with Crippen LogP contribution in [0.2, 0.25) is 0 Å². The molecule has 20 heavy (non-hydrogen) atoms. The Morgan fingerprint density at radius 3 is 2.45 bits per heavy atom. The summed E-state index contributed by atoms with van der Waals surface area (Å²) in [5, 5.41) is 3.58. The van der Waals surface area contributed by atoms with E-state index in [2.05, 4.69) is 12.2 Å². The van der Waals surface area contributed by atoms with Crippen molar-refractivity contribution >= 4 is 0 Å². The normalized spacial score (nSPS) is 17.1. The van der Waals surface area contributed by atoms with Crippen molar-refractivity contribution in [2.75, 3.05) is 19.8 Å². The SMILES string of the molecule is CCOc1ccccc1OCCN[C@H](C)C1CCCC1. The van der Waals surface area contributed by atoms with Crippen LogP contribution in [0.4, 0.5) is 0 Å². The van der Waals surface area contributed by atoms with Gasteiger partial charge in [-0.25, -0.2) is 0 Å². The van der Waals surface area contributed by atoms with Crippen molar-refractivity contribution in [1.29, 1.82) is 0 Å². The Hall–Kier alpha value is -1.22. The lowest BCUT2D eigenvalue weighted by Crippen LogP contribution is -2.35. The van der Waals surface area contributed by atoms with Crippen LogP contribution >= 0.6 is 0 Å². The van der Waals surface area contributed by atoms with E-state index in [9.17, 15) is 0 Å². The van der Waals surface area contributed by atoms with Gasteiger partial charge in [0.05, 0.1) is 6.61 Å². The van der Waals surface area contributed by atoms with Crippen molar-refractivity contribution in [3.05, 3.63) is 24.3 Å². The molecule has 3 nitrogen and oxygen atoms in total. The van der Waals surface area contributed by atoms with E-state index < -0.39 is 0 Å². The van der Waals surface area contributed by atoms with Gasteiger partial charge in [0.2, 0.25) is 0 Å². The maximum absolute atomic E-state index is 5.82. The molecule has 1 aliphatic carbocycles. The van der Waals surface area contributed by atoms with Gasteiger partial charge in [-0.2, -0.15) is 0 Å². The molecule has 112 valence electrons. The van der Waals surface area contributed by atoms with Crippen LogP contribution in [-0.4, -0.2) is 25.8 Å². The van der Waals surface area contributed by atoms with E-state index in [0.717, 1.165) is 24.0 Å². The molecule has 0 heterocycles. The zero-order valence-electron chi connectivity index (χ0n) is 12.7. The van der Waals surface area contributed by atoms with E-state index in [1.54, 1.807) is 0 Å². The summed E-state index contributed by atoms with van der Waals surface area (Å²) in [4.78, 5) is 0. The van der Waals surface area contributed by atoms with Gasteiger partial charge in [0.1, 0.15) is 6.61 Å². The fourth-order valence-electron chi connectivity index (χ4n) is 2.92. The second kappa shape index (κ2) is 8.15. The Labute approximate surface area is 122 Å². The summed E-state index contributed by atoms with van der Waals surface area (Å²) in [6, 6.07) is 8.46. The second-order valence-electron chi connectivity index (χ2n) is 5.52. The van der Waals surface area contributed by atoms with Crippen LogP contribution in [0.3, 0.4) is 0 Å². The first-order valence-corrected chi connectivity index (χ1v) is 7.89. The van der Waals surface area contributed by atoms with Gasteiger partial charge < -0.3 is 14.8 Å². The Bertz CT molecular complexity index is 388. The molecule has 0 amide bonds. The first kappa shape index (κ1) is 15.2. The molecule has 1 aliphatic rings. The molecule has 1 aromatic carbocycles. The monoisotopic (exact) mass is 277 g/mol. The molecule has 3 heteroatoms. The summed E-state index contributed by atoms with van der Waals surface area (Å²) in [5.41, 5.74) is 0. The number of rotatable bonds is 8. The molecule has 0 aliphatic heterocycles. The fourth-order valence-corrected chi connectivity index (χ4v) is 2.92. The maximum Gasteiger partial charge on any atom is 0.161 e. The zero-order chi connectivity index (χ0) is 14.2. The van der Waals surface area contributed by atoms with Crippen molar-refractivity contribution in [2.24, 2.45) is 5.92 Å². The third-order valence-electron chi connectivity index (χ3n) is 4.08. The van der Waals surface area contributed by atoms with E-state index in [1.165, 1.54) is 25.7 Å². The van der Waals surface area contributed by atoms with Gasteiger partial charge in [0.25, 0.3) is 0 Å². The van der Waals surface area contributed by atoms with E-state index in [-0.39, 0.29) is 0 Å². The Morgan fingerprint density at radius 1 is 1.15 bits per heavy atom. The highest BCUT2D eigenvalue weighted by molar-refractivity contribution is 5.39. The van der Waals surface area contributed by atoms with E-state index in [4.69, 9.17) is 9.47 Å². The van der Waals surface area contributed by atoms with Crippen LogP contribution in [0, 0.1) is 5.92 Å². The minimum atomic E-state index is 0.600. The predicted molar refractivity (Wildman–Crippen MR) is 82.5 cm³/mol. The molecule has 1 saturated carbocycles. The highest BCUT2D eigenvalue weighted by atomic mass is 16.5. The van der Waals surface area contributed by atoms with E-state index >= 15 is 0 Å². The molecule has 1 fully saturated rings. The number of nitrogens with one attached hydrogen (secondary N) is 1. The van der Waals surface area contributed by atoms with Crippen LogP contribution in [0.15, 0.2) is 24.3 Å². The third kappa shape index (κ3) is 4.41. The molecular formula is C17H27NO2. The number of hydrogen-bond donors (Lipinski definition) is 1. The number of hydrogen-bond acceptors (Lipinski definition) is 3. The molecule has 0 unspecified atom stereocenters. The first-order valence-electron chi connectivity index (χ1n) is 7.89. The summed E-state index contributed by atoms with van der Waals surface area (Å²) < 4.78 is 11.4. The van der Waals surface area contributed by atoms with Crippen molar-refractivity contribution in [1.82, 2.24) is 5.32 Å². The highest BCUT2D eigenvalue weighted by Gasteiger charge is 2.20. The zero-order valence-corrected chi connectivity index (χ0v) is 12.7. The van der Waals surface area contributed by atoms with Crippen molar-refractivity contribution in [3.63, 3.8) is 0 Å². The van der Waals surface area contributed by atoms with Gasteiger partial charge in [-0.1, -0.05) is 25.0 Å². The molecular weight excluding hydrogens is 250 g/mol. The fraction of sp³-hybridized carbons (Fsp3) is 0.647. The molecule has 0 aromatic heterocycles. The predicted octanol–water partition coefficient (Wildman–Crippen LogP) is 3.63. The van der Waals surface area contributed by atoms with Gasteiger partial charge >= 0.3 is 0 Å². The lowest BCUT2D eigenvalue weighted by atomic mass is 10.00. The average Bonchev–Trinajstić information content (AvgIpc) is 2.99. The minimum absolute atomic E-state index is 0.600. The molecule has 0 radical (unpaired) electrons. The Kier molecular flexibility index (Phi) is 6.19. The maximum atomic E-state index is 5.82. The van der Waals surface area contributed by atoms with Crippen molar-refractivity contribution in [2.45, 2.75) is 45.6 Å². The minimum Gasteiger partial charge on any atom is -0.490 e. The van der Waals surface area contributed by atoms with Gasteiger partial charge in [-0.05, 0) is 44.7 Å². The smallest absolute Gasteiger partial charge is 0.161 e. The summed E-state index contributed by atoms with van der Waals surface area (Å²) in [5.74, 6) is 2.52. The van der Waals surface area contributed by atoms with Crippen LogP contribution in [-0.2, 0) is 0 Å². The van der Waals surface area contributed by atoms with Gasteiger partial charge in [-0.15, -0.1) is 0 Å². The molecule has 2 rings (SSSR count). The van der Waals surface area contributed by atoms with Crippen molar-refractivity contribution in [3.8, 4) is 11.5 Å². The molecule has 0 bridgehead atoms. The van der Waals surface area contributed by atoms with Crippen LogP contribution in [0.25, 0.3) is 0 Å². The molecule has 0 spiro atoms. The highest BCUT2D eigenvalue weighted by Crippen LogP contribution is 2.28. The Morgan fingerprint density at radius 2 is 1.80 bits per heavy atom. The summed E-state index contributed by atoms with van der Waals surface area (Å²) in [6.45, 7) is 6.52. The van der Waals surface area contributed by atoms with Crippen LogP contribution in [0.5, 0.6) is 11.5 Å². The topological polar surface area (TPSA) is 30.5 Å². The molecule has 1 atom stereocenters. The number of para-hydroxylation sites is 2. The molecule has 1 N–H and O–H groups in total. The third-order valence-corrected chi connectivity index (χ3v) is 4.08. The second-order valence-corrected chi connectivity index (χ2v) is 5.52. The van der Waals surface area contributed by atoms with Crippen LogP contribution < -0.4 is 14.8 Å². The van der Waals surface area contributed by atoms with E-state index in [0.29, 0.717) is 19.3 Å². The van der Waals surface area contributed by atoms with Gasteiger partial charge in [0, 0.05) is 12.6 Å². The summed E-state index contributed by atoms with van der Waals surface area (Å²) in [6.07, 6.45) is 5.55. The first-order chi connectivity index (χ1) is 9.81. The Balaban J connectivity index is 1.70. The average molecular weight is 277 g/mol. The largest absolute Gasteiger partial charge is 0.490 e. The summed E-state index contributed by atoms with van der Waals surface area (Å²) >= 11 is 0. The van der Waals surface area contributed by atoms with Crippen LogP contribution in [0.1, 0.15) is 39.5 Å². The lowest BCUT2D eigenvalue weighted by molar-refractivity contribution is 0.265. The molecule has 1 aromatic rings.